The number of nitrogens with one attached hydrogen (secondary N) is 1. The van der Waals surface area contributed by atoms with Gasteiger partial charge in [-0.25, -0.2) is 4.79 Å². The summed E-state index contributed by atoms with van der Waals surface area (Å²) in [7, 11) is 1.62. The maximum atomic E-state index is 13.4. The Morgan fingerprint density at radius 3 is 2.59 bits per heavy atom. The van der Waals surface area contributed by atoms with Gasteiger partial charge in [0.05, 0.1) is 47.1 Å². The number of urea groups is 1. The first kappa shape index (κ1) is 23.4. The van der Waals surface area contributed by atoms with Gasteiger partial charge in [0.2, 0.25) is 5.91 Å². The van der Waals surface area contributed by atoms with Crippen molar-refractivity contribution in [2.75, 3.05) is 46.4 Å². The minimum absolute atomic E-state index is 0.0116. The monoisotopic (exact) mass is 508 g/mol. The molecule has 1 N–H and O–H groups in total. The van der Waals surface area contributed by atoms with Crippen LogP contribution in [0.2, 0.25) is 10.0 Å². The average Bonchev–Trinajstić information content (AvgIpc) is 3.42. The number of benzene rings is 1. The lowest BCUT2D eigenvalue weighted by Crippen LogP contribution is -2.47. The maximum Gasteiger partial charge on any atom is 0.322 e. The third kappa shape index (κ3) is 4.04. The molecule has 0 radical (unpaired) electrons. The van der Waals surface area contributed by atoms with Gasteiger partial charge in [0.15, 0.2) is 5.79 Å². The van der Waals surface area contributed by atoms with E-state index in [1.165, 1.54) is 4.90 Å². The first-order valence-corrected chi connectivity index (χ1v) is 12.1. The Bertz CT molecular complexity index is 1060. The van der Waals surface area contributed by atoms with Crippen molar-refractivity contribution in [2.45, 2.75) is 31.1 Å². The second-order valence-corrected chi connectivity index (χ2v) is 9.70. The van der Waals surface area contributed by atoms with E-state index in [1.807, 2.05) is 0 Å². The number of rotatable bonds is 4. The van der Waals surface area contributed by atoms with Gasteiger partial charge in [0.1, 0.15) is 0 Å². The van der Waals surface area contributed by atoms with Crippen LogP contribution in [0.5, 0.6) is 0 Å². The molecule has 1 aromatic rings. The fraction of sp³-hybridized carbons (Fsp3) is 0.522. The van der Waals surface area contributed by atoms with Crippen molar-refractivity contribution in [3.05, 3.63) is 45.1 Å². The van der Waals surface area contributed by atoms with Crippen molar-refractivity contribution in [1.82, 2.24) is 20.0 Å². The van der Waals surface area contributed by atoms with E-state index in [1.54, 1.807) is 35.0 Å². The number of amides is 4. The molecule has 9 nitrogen and oxygen atoms in total. The van der Waals surface area contributed by atoms with Gasteiger partial charge < -0.3 is 24.6 Å². The summed E-state index contributed by atoms with van der Waals surface area (Å²) in [4.78, 5) is 43.7. The molecule has 1 spiro atoms. The number of hydrogen-bond acceptors (Lipinski definition) is 5. The molecule has 5 rings (SSSR count). The van der Waals surface area contributed by atoms with E-state index in [9.17, 15) is 14.4 Å². The molecule has 4 heterocycles. The molecule has 0 aliphatic carbocycles. The van der Waals surface area contributed by atoms with Gasteiger partial charge in [-0.2, -0.15) is 0 Å². The molecule has 4 aliphatic rings. The van der Waals surface area contributed by atoms with E-state index < -0.39 is 11.8 Å². The summed E-state index contributed by atoms with van der Waals surface area (Å²) in [6.45, 7) is 2.84. The van der Waals surface area contributed by atoms with Crippen LogP contribution >= 0.6 is 23.2 Å². The molecule has 2 fully saturated rings. The van der Waals surface area contributed by atoms with Crippen LogP contribution in [0, 0.1) is 0 Å². The fourth-order valence-electron chi connectivity index (χ4n) is 5.05. The second kappa shape index (κ2) is 9.03. The summed E-state index contributed by atoms with van der Waals surface area (Å²) in [5, 5.41) is 3.50. The minimum Gasteiger partial charge on any atom is -0.347 e. The predicted octanol–water partition coefficient (Wildman–Crippen LogP) is 2.54. The van der Waals surface area contributed by atoms with E-state index in [-0.39, 0.29) is 37.4 Å². The van der Waals surface area contributed by atoms with Gasteiger partial charge in [-0.1, -0.05) is 35.3 Å². The van der Waals surface area contributed by atoms with E-state index in [2.05, 4.69) is 5.32 Å². The lowest BCUT2D eigenvalue weighted by atomic mass is 9.95. The van der Waals surface area contributed by atoms with Crippen molar-refractivity contribution < 1.29 is 23.9 Å². The molecular weight excluding hydrogens is 483 g/mol. The summed E-state index contributed by atoms with van der Waals surface area (Å²) in [5.41, 5.74) is 1.62. The van der Waals surface area contributed by atoms with Gasteiger partial charge in [-0.15, -0.1) is 0 Å². The van der Waals surface area contributed by atoms with Gasteiger partial charge in [0.25, 0.3) is 5.91 Å². The highest BCUT2D eigenvalue weighted by molar-refractivity contribution is 6.42. The number of carbonyl (C=O) groups is 3. The number of carbonyl (C=O) groups excluding carboxylic acids is 3. The van der Waals surface area contributed by atoms with Crippen LogP contribution in [0.25, 0.3) is 0 Å². The number of nitrogens with zero attached hydrogens (tertiary/aromatic N) is 3. The molecule has 1 atom stereocenters. The lowest BCUT2D eigenvalue weighted by molar-refractivity contribution is -0.187. The molecule has 0 bridgehead atoms. The van der Waals surface area contributed by atoms with Gasteiger partial charge in [-0.05, 0) is 11.6 Å². The Hall–Kier alpha value is -2.33. The van der Waals surface area contributed by atoms with E-state index in [0.29, 0.717) is 66.0 Å². The number of hydrogen-bond donors (Lipinski definition) is 1. The maximum absolute atomic E-state index is 13.4. The van der Waals surface area contributed by atoms with Crippen molar-refractivity contribution >= 4 is 41.0 Å². The molecule has 4 aliphatic heterocycles. The molecular formula is C23H26Cl2N4O5. The normalized spacial score (nSPS) is 24.2. The van der Waals surface area contributed by atoms with Crippen LogP contribution in [-0.4, -0.2) is 84.8 Å². The average molecular weight is 509 g/mol. The number of halogens is 2. The third-order valence-electron chi connectivity index (χ3n) is 7.01. The smallest absolute Gasteiger partial charge is 0.322 e. The first-order valence-electron chi connectivity index (χ1n) is 11.4. The van der Waals surface area contributed by atoms with Crippen LogP contribution in [0.4, 0.5) is 4.79 Å². The fourth-order valence-corrected chi connectivity index (χ4v) is 5.47. The van der Waals surface area contributed by atoms with Crippen LogP contribution in [0.15, 0.2) is 29.5 Å². The highest BCUT2D eigenvalue weighted by atomic mass is 35.5. The zero-order chi connectivity index (χ0) is 24.0. The summed E-state index contributed by atoms with van der Waals surface area (Å²) >= 11 is 12.6. The van der Waals surface area contributed by atoms with Crippen molar-refractivity contribution in [3.63, 3.8) is 0 Å². The van der Waals surface area contributed by atoms with Gasteiger partial charge in [-0.3, -0.25) is 14.5 Å². The molecule has 4 amide bonds. The van der Waals surface area contributed by atoms with Crippen LogP contribution in [0.1, 0.15) is 30.9 Å². The number of likely N-dealkylation sites (tertiary alicyclic amines) is 1. The Labute approximate surface area is 207 Å². The molecule has 0 aromatic heterocycles. The van der Waals surface area contributed by atoms with Gasteiger partial charge >= 0.3 is 6.03 Å². The lowest BCUT2D eigenvalue weighted by Gasteiger charge is -2.37. The van der Waals surface area contributed by atoms with E-state index >= 15 is 0 Å². The first-order chi connectivity index (χ1) is 16.3. The summed E-state index contributed by atoms with van der Waals surface area (Å²) in [5.74, 6) is -0.769. The zero-order valence-corrected chi connectivity index (χ0v) is 20.3. The third-order valence-corrected chi connectivity index (χ3v) is 7.85. The molecule has 11 heteroatoms. The highest BCUT2D eigenvalue weighted by Crippen LogP contribution is 2.40. The van der Waals surface area contributed by atoms with Crippen LogP contribution in [0.3, 0.4) is 0 Å². The standard InChI is InChI=1S/C23H26Cl2N4O5/c1-27-16-13-29(8-5-17(30)28-9-6-23(7-10-28)33-11-12-34-23)21(31)18(16)20(26-22(27)32)14-3-2-4-15(24)19(14)25/h2-4,20H,5-13H2,1H3,(H,26,32). The molecule has 182 valence electrons. The second-order valence-electron chi connectivity index (χ2n) is 8.91. The summed E-state index contributed by atoms with van der Waals surface area (Å²) in [6.07, 6.45) is 1.50. The molecule has 1 aromatic carbocycles. The molecule has 1 unspecified atom stereocenters. The Kier molecular flexibility index (Phi) is 6.22. The Balaban J connectivity index is 1.26. The van der Waals surface area contributed by atoms with E-state index in [0.717, 1.165) is 0 Å². The number of likely N-dealkylation sites (N-methyl/N-ethyl adjacent to an activating group) is 1. The van der Waals surface area contributed by atoms with Crippen LogP contribution < -0.4 is 5.32 Å². The largest absolute Gasteiger partial charge is 0.347 e. The number of ether oxygens (including phenoxy) is 2. The number of piperidine rings is 1. The molecule has 2 saturated heterocycles. The molecule has 34 heavy (non-hydrogen) atoms. The predicted molar refractivity (Wildman–Crippen MR) is 124 cm³/mol. The SMILES string of the molecule is CN1C(=O)NC(c2cccc(Cl)c2Cl)C2=C1CN(CCC(=O)N1CCC3(CC1)OCCO3)C2=O. The zero-order valence-electron chi connectivity index (χ0n) is 18.8. The highest BCUT2D eigenvalue weighted by Gasteiger charge is 2.44. The summed E-state index contributed by atoms with van der Waals surface area (Å²) < 4.78 is 11.5. The topological polar surface area (TPSA) is 91.4 Å². The minimum atomic E-state index is -0.706. The van der Waals surface area contributed by atoms with Crippen molar-refractivity contribution in [2.24, 2.45) is 0 Å². The van der Waals surface area contributed by atoms with E-state index in [4.69, 9.17) is 32.7 Å². The van der Waals surface area contributed by atoms with Gasteiger partial charge in [0, 0.05) is 45.9 Å². The van der Waals surface area contributed by atoms with Crippen LogP contribution in [-0.2, 0) is 19.1 Å². The van der Waals surface area contributed by atoms with Crippen molar-refractivity contribution in [1.29, 1.82) is 0 Å². The Morgan fingerprint density at radius 1 is 1.18 bits per heavy atom. The Morgan fingerprint density at radius 2 is 1.88 bits per heavy atom. The quantitative estimate of drug-likeness (QED) is 0.674. The molecule has 0 saturated carbocycles. The van der Waals surface area contributed by atoms with Crippen molar-refractivity contribution in [3.8, 4) is 0 Å². The summed E-state index contributed by atoms with van der Waals surface area (Å²) in [6, 6.07) is 4.09.